The van der Waals surface area contributed by atoms with E-state index in [2.05, 4.69) is 34.6 Å². The molecular weight excluding hydrogens is 488 g/mol. The maximum Gasteiger partial charge on any atom is 0.340 e. The molecule has 1 saturated heterocycles. The average molecular weight is 535 g/mol. The standard InChI is InChI=1S/C34H46O5/c1-31(2)15-10-16-32(3)25(31)13-17-33(4)26(32)20-28-34(5,39-28)27(33)19-24(23-14-18-37-21-23)38-30(35)29(36-6)22-11-8-7-9-12-22/h7-9,11-12,14,18,21,24-29H,10,13,15-17,19-20H2,1-6H3/t24-,25-,26+,27-,28-,29+,32-,33+,34+/m1/s1. The Morgan fingerprint density at radius 1 is 0.974 bits per heavy atom. The summed E-state index contributed by atoms with van der Waals surface area (Å²) < 4.78 is 24.0. The number of methoxy groups -OCH3 is 1. The highest BCUT2D eigenvalue weighted by atomic mass is 16.6. The van der Waals surface area contributed by atoms with Gasteiger partial charge in [-0.25, -0.2) is 4.79 Å². The van der Waals surface area contributed by atoms with Gasteiger partial charge in [0, 0.05) is 12.7 Å². The van der Waals surface area contributed by atoms with Crippen LogP contribution in [-0.4, -0.2) is 24.8 Å². The van der Waals surface area contributed by atoms with Crippen molar-refractivity contribution in [3.05, 3.63) is 60.1 Å². The van der Waals surface area contributed by atoms with E-state index in [0.717, 1.165) is 29.9 Å². The van der Waals surface area contributed by atoms with Crippen LogP contribution in [0.3, 0.4) is 0 Å². The topological polar surface area (TPSA) is 61.2 Å². The normalized spacial score (nSPS) is 39.9. The third kappa shape index (κ3) is 4.30. The van der Waals surface area contributed by atoms with Crippen molar-refractivity contribution in [1.82, 2.24) is 0 Å². The number of hydrogen-bond donors (Lipinski definition) is 0. The molecule has 212 valence electrons. The first-order chi connectivity index (χ1) is 18.5. The molecule has 39 heavy (non-hydrogen) atoms. The molecule has 0 N–H and O–H groups in total. The minimum absolute atomic E-state index is 0.120. The van der Waals surface area contributed by atoms with E-state index in [1.54, 1.807) is 19.6 Å². The number of benzene rings is 1. The third-order valence-electron chi connectivity index (χ3n) is 11.9. The van der Waals surface area contributed by atoms with E-state index in [4.69, 9.17) is 18.6 Å². The number of ether oxygens (including phenoxy) is 3. The molecule has 9 atom stereocenters. The zero-order chi connectivity index (χ0) is 27.6. The summed E-state index contributed by atoms with van der Waals surface area (Å²) >= 11 is 0. The predicted molar refractivity (Wildman–Crippen MR) is 150 cm³/mol. The van der Waals surface area contributed by atoms with Gasteiger partial charge in [-0.1, -0.05) is 64.4 Å². The Balaban J connectivity index is 1.31. The van der Waals surface area contributed by atoms with Gasteiger partial charge in [-0.15, -0.1) is 0 Å². The maximum atomic E-state index is 13.6. The Bertz CT molecular complexity index is 1170. The minimum Gasteiger partial charge on any atom is -0.472 e. The van der Waals surface area contributed by atoms with E-state index in [-0.39, 0.29) is 29.0 Å². The van der Waals surface area contributed by atoms with Crippen molar-refractivity contribution in [1.29, 1.82) is 0 Å². The van der Waals surface area contributed by atoms with Gasteiger partial charge in [-0.3, -0.25) is 0 Å². The van der Waals surface area contributed by atoms with Crippen LogP contribution in [0, 0.1) is 34.0 Å². The summed E-state index contributed by atoms with van der Waals surface area (Å²) in [6, 6.07) is 11.5. The molecule has 5 nitrogen and oxygen atoms in total. The number of fused-ring (bicyclic) bond motifs is 4. The fourth-order valence-corrected chi connectivity index (χ4v) is 10.00. The summed E-state index contributed by atoms with van der Waals surface area (Å²) in [5.41, 5.74) is 2.34. The summed E-state index contributed by atoms with van der Waals surface area (Å²) in [4.78, 5) is 13.6. The number of rotatable bonds is 7. The summed E-state index contributed by atoms with van der Waals surface area (Å²) in [5.74, 6) is 1.26. The largest absolute Gasteiger partial charge is 0.472 e. The number of carbonyl (C=O) groups is 1. The predicted octanol–water partition coefficient (Wildman–Crippen LogP) is 8.07. The van der Waals surface area contributed by atoms with Gasteiger partial charge >= 0.3 is 5.97 Å². The van der Waals surface area contributed by atoms with Gasteiger partial charge < -0.3 is 18.6 Å². The van der Waals surface area contributed by atoms with Gasteiger partial charge in [0.2, 0.25) is 0 Å². The molecule has 1 aliphatic heterocycles. The van der Waals surface area contributed by atoms with E-state index in [1.807, 2.05) is 36.4 Å². The zero-order valence-electron chi connectivity index (χ0n) is 24.6. The summed E-state index contributed by atoms with van der Waals surface area (Å²) in [7, 11) is 1.56. The van der Waals surface area contributed by atoms with Crippen molar-refractivity contribution >= 4 is 5.97 Å². The molecular formula is C34H46O5. The van der Waals surface area contributed by atoms with Gasteiger partial charge in [-0.05, 0) is 91.1 Å². The average Bonchev–Trinajstić information content (AvgIpc) is 3.28. The van der Waals surface area contributed by atoms with Gasteiger partial charge in [0.05, 0.1) is 24.2 Å². The number of hydrogen-bond acceptors (Lipinski definition) is 5. The minimum atomic E-state index is -0.769. The van der Waals surface area contributed by atoms with Crippen LogP contribution in [0.25, 0.3) is 0 Å². The molecule has 2 aromatic rings. The molecule has 0 bridgehead atoms. The lowest BCUT2D eigenvalue weighted by Gasteiger charge is -2.66. The van der Waals surface area contributed by atoms with Crippen molar-refractivity contribution in [2.45, 2.75) is 103 Å². The molecule has 4 aliphatic rings. The summed E-state index contributed by atoms with van der Waals surface area (Å²) in [5, 5.41) is 0. The lowest BCUT2D eigenvalue weighted by Crippen LogP contribution is -2.61. The Labute approximate surface area is 234 Å². The maximum absolute atomic E-state index is 13.6. The van der Waals surface area contributed by atoms with E-state index < -0.39 is 12.2 Å². The van der Waals surface area contributed by atoms with E-state index in [0.29, 0.717) is 16.7 Å². The van der Waals surface area contributed by atoms with E-state index in [1.165, 1.54) is 32.1 Å². The van der Waals surface area contributed by atoms with Crippen molar-refractivity contribution in [2.75, 3.05) is 7.11 Å². The van der Waals surface area contributed by atoms with Crippen LogP contribution in [0.5, 0.6) is 0 Å². The molecule has 1 aromatic heterocycles. The van der Waals surface area contributed by atoms with Crippen molar-refractivity contribution in [3.63, 3.8) is 0 Å². The van der Waals surface area contributed by atoms with Crippen LogP contribution in [-0.2, 0) is 19.0 Å². The van der Waals surface area contributed by atoms with Gasteiger partial charge in [0.15, 0.2) is 6.10 Å². The van der Waals surface area contributed by atoms with Gasteiger partial charge in [0.1, 0.15) is 6.10 Å². The van der Waals surface area contributed by atoms with Crippen LogP contribution >= 0.6 is 0 Å². The zero-order valence-corrected chi connectivity index (χ0v) is 24.6. The van der Waals surface area contributed by atoms with Crippen LogP contribution in [0.1, 0.15) is 103 Å². The number of furan rings is 1. The summed E-state index contributed by atoms with van der Waals surface area (Å²) in [6.45, 7) is 12.4. The lowest BCUT2D eigenvalue weighted by atomic mass is 9.38. The van der Waals surface area contributed by atoms with Crippen LogP contribution in [0.4, 0.5) is 0 Å². The molecule has 1 aromatic carbocycles. The Kier molecular flexibility index (Phi) is 6.58. The molecule has 6 rings (SSSR count). The molecule has 2 heterocycles. The highest BCUT2D eigenvalue weighted by Gasteiger charge is 2.72. The first kappa shape index (κ1) is 27.1. The number of esters is 1. The second-order valence-electron chi connectivity index (χ2n) is 14.3. The fraction of sp³-hybridized carbons (Fsp3) is 0.676. The monoisotopic (exact) mass is 534 g/mol. The lowest BCUT2D eigenvalue weighted by molar-refractivity contribution is -0.177. The van der Waals surface area contributed by atoms with Crippen LogP contribution < -0.4 is 0 Å². The van der Waals surface area contributed by atoms with Crippen LogP contribution in [0.15, 0.2) is 53.3 Å². The first-order valence-corrected chi connectivity index (χ1v) is 15.0. The van der Waals surface area contributed by atoms with Crippen molar-refractivity contribution in [2.24, 2.45) is 34.0 Å². The summed E-state index contributed by atoms with van der Waals surface area (Å²) in [6.07, 6.45) is 10.8. The highest BCUT2D eigenvalue weighted by molar-refractivity contribution is 5.76. The quantitative estimate of drug-likeness (QED) is 0.265. The molecule has 4 fully saturated rings. The molecule has 5 heteroatoms. The Morgan fingerprint density at radius 3 is 2.44 bits per heavy atom. The molecule has 3 aliphatic carbocycles. The second-order valence-corrected chi connectivity index (χ2v) is 14.3. The van der Waals surface area contributed by atoms with Gasteiger partial charge in [-0.2, -0.15) is 0 Å². The SMILES string of the molecule is CO[C@H](C(=O)O[C@H](C[C@@H]1[C@@]2(C)CC[C@@H]3C(C)(C)CCC[C@@]3(C)[C@@H]2C[C@H]2O[C@@]12C)c1ccoc1)c1ccccc1. The van der Waals surface area contributed by atoms with Crippen molar-refractivity contribution in [3.8, 4) is 0 Å². The molecule has 0 unspecified atom stereocenters. The Hall–Kier alpha value is -2.11. The fourth-order valence-electron chi connectivity index (χ4n) is 10.00. The van der Waals surface area contributed by atoms with Gasteiger partial charge in [0.25, 0.3) is 0 Å². The Morgan fingerprint density at radius 2 is 1.74 bits per heavy atom. The van der Waals surface area contributed by atoms with Crippen LogP contribution in [0.2, 0.25) is 0 Å². The molecule has 0 amide bonds. The first-order valence-electron chi connectivity index (χ1n) is 15.0. The third-order valence-corrected chi connectivity index (χ3v) is 11.9. The van der Waals surface area contributed by atoms with E-state index in [9.17, 15) is 4.79 Å². The number of epoxide rings is 1. The molecule has 0 spiro atoms. The smallest absolute Gasteiger partial charge is 0.340 e. The second kappa shape index (κ2) is 9.48. The molecule has 3 saturated carbocycles. The highest BCUT2D eigenvalue weighted by Crippen LogP contribution is 2.73. The molecule has 0 radical (unpaired) electrons. The van der Waals surface area contributed by atoms with Crippen molar-refractivity contribution < 1.29 is 23.4 Å². The van der Waals surface area contributed by atoms with E-state index >= 15 is 0 Å². The number of carbonyl (C=O) groups excluding carboxylic acids is 1.